The van der Waals surface area contributed by atoms with Crippen LogP contribution in [0.15, 0.2) is 12.1 Å². The number of alkyl halides is 3. The van der Waals surface area contributed by atoms with Crippen LogP contribution in [0, 0.1) is 0 Å². The van der Waals surface area contributed by atoms with Crippen LogP contribution in [0.3, 0.4) is 0 Å². The Hall–Kier alpha value is -1.83. The third kappa shape index (κ3) is 2.95. The van der Waals surface area contributed by atoms with E-state index >= 15 is 0 Å². The van der Waals surface area contributed by atoms with E-state index in [1.54, 1.807) is 0 Å². The minimum atomic E-state index is -4.61. The minimum Gasteiger partial charge on any atom is -0.474 e. The Kier molecular flexibility index (Phi) is 3.36. The van der Waals surface area contributed by atoms with Crippen molar-refractivity contribution in [2.75, 3.05) is 0 Å². The van der Waals surface area contributed by atoms with Crippen molar-refractivity contribution in [3.05, 3.63) is 23.4 Å². The molecular formula is C11H12F3N3O2. The van der Waals surface area contributed by atoms with Gasteiger partial charge in [-0.1, -0.05) is 0 Å². The zero-order valence-corrected chi connectivity index (χ0v) is 9.78. The van der Waals surface area contributed by atoms with Gasteiger partial charge in [-0.15, -0.1) is 0 Å². The van der Waals surface area contributed by atoms with Crippen LogP contribution in [-0.2, 0) is 6.18 Å². The van der Waals surface area contributed by atoms with E-state index in [-0.39, 0.29) is 23.6 Å². The highest BCUT2D eigenvalue weighted by Crippen LogP contribution is 2.32. The molecule has 0 radical (unpaired) electrons. The van der Waals surface area contributed by atoms with E-state index in [1.165, 1.54) is 0 Å². The summed E-state index contributed by atoms with van der Waals surface area (Å²) in [7, 11) is 0. The number of ether oxygens (including phenoxy) is 1. The average molecular weight is 275 g/mol. The van der Waals surface area contributed by atoms with Gasteiger partial charge in [-0.05, 0) is 25.0 Å². The molecule has 104 valence electrons. The molecule has 1 heterocycles. The fourth-order valence-corrected chi connectivity index (χ4v) is 1.74. The second kappa shape index (κ2) is 4.69. The van der Waals surface area contributed by atoms with Crippen LogP contribution in [0.2, 0.25) is 0 Å². The quantitative estimate of drug-likeness (QED) is 0.863. The highest BCUT2D eigenvalue weighted by Gasteiger charge is 2.35. The van der Waals surface area contributed by atoms with E-state index in [9.17, 15) is 18.0 Å². The summed E-state index contributed by atoms with van der Waals surface area (Å²) in [5, 5.41) is 0. The lowest BCUT2D eigenvalue weighted by Gasteiger charge is -2.32. The van der Waals surface area contributed by atoms with Crippen LogP contribution in [0.1, 0.15) is 28.9 Å². The standard InChI is InChI=1S/C11H12F3N3O2/c12-11(13,14)8-2-1-7(9(16)18)10(17-8)19-6-3-5(15)4-6/h1-2,5-6H,3-4,15H2,(H2,16,18). The first kappa shape index (κ1) is 13.6. The third-order valence-electron chi connectivity index (χ3n) is 2.83. The summed E-state index contributed by atoms with van der Waals surface area (Å²) >= 11 is 0. The summed E-state index contributed by atoms with van der Waals surface area (Å²) < 4.78 is 42.9. The van der Waals surface area contributed by atoms with E-state index in [0.29, 0.717) is 18.9 Å². The van der Waals surface area contributed by atoms with Gasteiger partial charge in [0.05, 0.1) is 0 Å². The molecule has 1 aliphatic rings. The molecule has 0 aliphatic heterocycles. The van der Waals surface area contributed by atoms with Crippen molar-refractivity contribution in [3.8, 4) is 5.88 Å². The molecule has 1 aromatic rings. The number of amides is 1. The van der Waals surface area contributed by atoms with Crippen molar-refractivity contribution >= 4 is 5.91 Å². The SMILES string of the molecule is NC(=O)c1ccc(C(F)(F)F)nc1OC1CC(N)C1. The molecule has 4 N–H and O–H groups in total. The Morgan fingerprint density at radius 3 is 2.47 bits per heavy atom. The Balaban J connectivity index is 2.28. The molecule has 0 bridgehead atoms. The molecule has 0 aromatic carbocycles. The van der Waals surface area contributed by atoms with Crippen LogP contribution < -0.4 is 16.2 Å². The molecule has 0 atom stereocenters. The first-order chi connectivity index (χ1) is 8.77. The molecule has 0 saturated heterocycles. The van der Waals surface area contributed by atoms with Crippen LogP contribution >= 0.6 is 0 Å². The third-order valence-corrected chi connectivity index (χ3v) is 2.83. The van der Waals surface area contributed by atoms with Gasteiger partial charge in [0.2, 0.25) is 5.88 Å². The summed E-state index contributed by atoms with van der Waals surface area (Å²) in [5.41, 5.74) is 9.32. The molecule has 2 rings (SSSR count). The van der Waals surface area contributed by atoms with Crippen LogP contribution in [0.4, 0.5) is 13.2 Å². The second-order valence-corrected chi connectivity index (χ2v) is 4.38. The lowest BCUT2D eigenvalue weighted by Crippen LogP contribution is -2.43. The summed E-state index contributed by atoms with van der Waals surface area (Å²) in [6.45, 7) is 0. The van der Waals surface area contributed by atoms with Crippen molar-refractivity contribution in [3.63, 3.8) is 0 Å². The zero-order chi connectivity index (χ0) is 14.2. The number of aromatic nitrogens is 1. The van der Waals surface area contributed by atoms with Crippen LogP contribution in [-0.4, -0.2) is 23.0 Å². The molecule has 1 saturated carbocycles. The number of carbonyl (C=O) groups excluding carboxylic acids is 1. The average Bonchev–Trinajstić information content (AvgIpc) is 2.25. The van der Waals surface area contributed by atoms with Gasteiger partial charge >= 0.3 is 6.18 Å². The van der Waals surface area contributed by atoms with Gasteiger partial charge in [-0.3, -0.25) is 4.79 Å². The fourth-order valence-electron chi connectivity index (χ4n) is 1.74. The number of hydrogen-bond acceptors (Lipinski definition) is 4. The van der Waals surface area contributed by atoms with E-state index in [4.69, 9.17) is 16.2 Å². The maximum Gasteiger partial charge on any atom is 0.433 e. The molecule has 0 spiro atoms. The van der Waals surface area contributed by atoms with E-state index in [0.717, 1.165) is 6.07 Å². The van der Waals surface area contributed by atoms with Crippen LogP contribution in [0.5, 0.6) is 5.88 Å². The molecule has 1 amide bonds. The molecule has 19 heavy (non-hydrogen) atoms. The lowest BCUT2D eigenvalue weighted by molar-refractivity contribution is -0.141. The number of pyridine rings is 1. The molecule has 1 aliphatic carbocycles. The summed E-state index contributed by atoms with van der Waals surface area (Å²) in [6.07, 6.45) is -3.92. The first-order valence-electron chi connectivity index (χ1n) is 5.57. The maximum atomic E-state index is 12.5. The van der Waals surface area contributed by atoms with Gasteiger partial charge in [-0.2, -0.15) is 13.2 Å². The Morgan fingerprint density at radius 1 is 1.37 bits per heavy atom. The topological polar surface area (TPSA) is 91.2 Å². The molecule has 8 heteroatoms. The largest absolute Gasteiger partial charge is 0.474 e. The summed E-state index contributed by atoms with van der Waals surface area (Å²) in [6, 6.07) is 1.62. The van der Waals surface area contributed by atoms with Crippen molar-refractivity contribution < 1.29 is 22.7 Å². The van der Waals surface area contributed by atoms with E-state index in [2.05, 4.69) is 4.98 Å². The number of nitrogens with zero attached hydrogens (tertiary/aromatic N) is 1. The zero-order valence-electron chi connectivity index (χ0n) is 9.78. The van der Waals surface area contributed by atoms with Gasteiger partial charge in [0, 0.05) is 6.04 Å². The predicted molar refractivity (Wildman–Crippen MR) is 59.4 cm³/mol. The Morgan fingerprint density at radius 2 is 2.00 bits per heavy atom. The Labute approximate surface area is 106 Å². The van der Waals surface area contributed by atoms with Gasteiger partial charge in [-0.25, -0.2) is 4.98 Å². The monoisotopic (exact) mass is 275 g/mol. The van der Waals surface area contributed by atoms with Crippen molar-refractivity contribution in [2.24, 2.45) is 11.5 Å². The first-order valence-corrected chi connectivity index (χ1v) is 5.57. The van der Waals surface area contributed by atoms with Gasteiger partial charge in [0.1, 0.15) is 17.4 Å². The highest BCUT2D eigenvalue weighted by atomic mass is 19.4. The molecule has 5 nitrogen and oxygen atoms in total. The molecule has 1 aromatic heterocycles. The van der Waals surface area contributed by atoms with E-state index in [1.807, 2.05) is 0 Å². The number of nitrogens with two attached hydrogens (primary N) is 2. The second-order valence-electron chi connectivity index (χ2n) is 4.38. The summed E-state index contributed by atoms with van der Waals surface area (Å²) in [5.74, 6) is -1.28. The highest BCUT2D eigenvalue weighted by molar-refractivity contribution is 5.95. The van der Waals surface area contributed by atoms with E-state index < -0.39 is 17.8 Å². The fraction of sp³-hybridized carbons (Fsp3) is 0.455. The normalized spacial score (nSPS) is 22.7. The number of carbonyl (C=O) groups is 1. The molecule has 1 fully saturated rings. The van der Waals surface area contributed by atoms with Gasteiger partial charge < -0.3 is 16.2 Å². The van der Waals surface area contributed by atoms with Crippen LogP contribution in [0.25, 0.3) is 0 Å². The smallest absolute Gasteiger partial charge is 0.433 e. The van der Waals surface area contributed by atoms with Gasteiger partial charge in [0.15, 0.2) is 0 Å². The minimum absolute atomic E-state index is 0.0344. The molecule has 0 unspecified atom stereocenters. The number of primary amides is 1. The summed E-state index contributed by atoms with van der Waals surface area (Å²) in [4.78, 5) is 14.5. The molecular weight excluding hydrogens is 263 g/mol. The number of rotatable bonds is 3. The predicted octanol–water partition coefficient (Wildman–Crippen LogP) is 1.07. The number of hydrogen-bond donors (Lipinski definition) is 2. The van der Waals surface area contributed by atoms with Crippen molar-refractivity contribution in [2.45, 2.75) is 31.2 Å². The van der Waals surface area contributed by atoms with Gasteiger partial charge in [0.25, 0.3) is 5.91 Å². The van der Waals surface area contributed by atoms with Crippen molar-refractivity contribution in [1.82, 2.24) is 4.98 Å². The van der Waals surface area contributed by atoms with Crippen molar-refractivity contribution in [1.29, 1.82) is 0 Å². The Bertz CT molecular complexity index is 498. The maximum absolute atomic E-state index is 12.5. The number of halogens is 3. The lowest BCUT2D eigenvalue weighted by atomic mass is 9.90.